The summed E-state index contributed by atoms with van der Waals surface area (Å²) in [5.41, 5.74) is 1.16. The molecule has 1 aromatic rings. The van der Waals surface area contributed by atoms with Gasteiger partial charge in [0, 0.05) is 12.4 Å². The first-order chi connectivity index (χ1) is 5.95. The number of aromatic nitrogens is 1. The molecule has 0 saturated carbocycles. The van der Waals surface area contributed by atoms with E-state index in [0.717, 1.165) is 12.2 Å². The summed E-state index contributed by atoms with van der Waals surface area (Å²) in [5.74, 6) is 0. The molecule has 3 heteroatoms. The Kier molecular flexibility index (Phi) is 2.34. The molecule has 1 saturated heterocycles. The van der Waals surface area contributed by atoms with Gasteiger partial charge in [0.1, 0.15) is 6.10 Å². The van der Waals surface area contributed by atoms with E-state index in [0.29, 0.717) is 19.3 Å². The first-order valence-corrected chi connectivity index (χ1v) is 4.03. The van der Waals surface area contributed by atoms with E-state index in [4.69, 9.17) is 9.47 Å². The molecule has 1 fully saturated rings. The van der Waals surface area contributed by atoms with Crippen molar-refractivity contribution in [1.82, 2.24) is 4.98 Å². The third-order valence-corrected chi connectivity index (χ3v) is 1.72. The minimum absolute atomic E-state index is 0.354. The highest BCUT2D eigenvalue weighted by Crippen LogP contribution is 2.09. The van der Waals surface area contributed by atoms with E-state index in [9.17, 15) is 0 Å². The lowest BCUT2D eigenvalue weighted by atomic mass is 10.3. The van der Waals surface area contributed by atoms with Crippen molar-refractivity contribution in [3.63, 3.8) is 0 Å². The highest BCUT2D eigenvalue weighted by atomic mass is 16.6. The van der Waals surface area contributed by atoms with E-state index in [1.165, 1.54) is 0 Å². The number of nitrogens with zero attached hydrogens (tertiary/aromatic N) is 1. The van der Waals surface area contributed by atoms with Gasteiger partial charge in [-0.15, -0.1) is 0 Å². The van der Waals surface area contributed by atoms with E-state index < -0.39 is 0 Å². The largest absolute Gasteiger partial charge is 0.374 e. The second-order valence-electron chi connectivity index (χ2n) is 2.83. The highest BCUT2D eigenvalue weighted by molar-refractivity contribution is 5.07. The summed E-state index contributed by atoms with van der Waals surface area (Å²) in [6.07, 6.45) is 3.89. The fraction of sp³-hybridized carbons (Fsp3) is 0.444. The molecule has 0 spiro atoms. The lowest BCUT2D eigenvalue weighted by Gasteiger charge is -2.00. The SMILES string of the molecule is c1cc(COCC2CO2)ccn1. The summed E-state index contributed by atoms with van der Waals surface area (Å²) in [5, 5.41) is 0. The quantitative estimate of drug-likeness (QED) is 0.624. The van der Waals surface area contributed by atoms with Gasteiger partial charge in [-0.3, -0.25) is 4.98 Å². The molecule has 0 aromatic carbocycles. The molecule has 64 valence electrons. The van der Waals surface area contributed by atoms with Crippen LogP contribution in [0.4, 0.5) is 0 Å². The molecule has 1 atom stereocenters. The van der Waals surface area contributed by atoms with Crippen LogP contribution in [-0.2, 0) is 16.1 Å². The Morgan fingerprint density at radius 2 is 2.25 bits per heavy atom. The first-order valence-electron chi connectivity index (χ1n) is 4.03. The third-order valence-electron chi connectivity index (χ3n) is 1.72. The zero-order chi connectivity index (χ0) is 8.23. The van der Waals surface area contributed by atoms with Crippen LogP contribution >= 0.6 is 0 Å². The predicted molar refractivity (Wildman–Crippen MR) is 43.6 cm³/mol. The van der Waals surface area contributed by atoms with Gasteiger partial charge in [0.15, 0.2) is 0 Å². The summed E-state index contributed by atoms with van der Waals surface area (Å²) in [4.78, 5) is 3.92. The fourth-order valence-electron chi connectivity index (χ4n) is 0.952. The van der Waals surface area contributed by atoms with Gasteiger partial charge in [-0.25, -0.2) is 0 Å². The molecular formula is C9H11NO2. The smallest absolute Gasteiger partial charge is 0.104 e. The number of pyridine rings is 1. The number of rotatable bonds is 4. The summed E-state index contributed by atoms with van der Waals surface area (Å²) in [6, 6.07) is 3.90. The van der Waals surface area contributed by atoms with E-state index in [1.807, 2.05) is 12.1 Å². The van der Waals surface area contributed by atoms with E-state index in [-0.39, 0.29) is 0 Å². The Morgan fingerprint density at radius 3 is 2.92 bits per heavy atom. The van der Waals surface area contributed by atoms with Crippen molar-refractivity contribution in [3.05, 3.63) is 30.1 Å². The van der Waals surface area contributed by atoms with Gasteiger partial charge in [0.2, 0.25) is 0 Å². The van der Waals surface area contributed by atoms with Gasteiger partial charge in [0.25, 0.3) is 0 Å². The molecule has 2 heterocycles. The van der Waals surface area contributed by atoms with Crippen LogP contribution < -0.4 is 0 Å². The second-order valence-corrected chi connectivity index (χ2v) is 2.83. The number of ether oxygens (including phenoxy) is 2. The maximum absolute atomic E-state index is 5.39. The summed E-state index contributed by atoms with van der Waals surface area (Å²) in [6.45, 7) is 2.22. The molecule has 12 heavy (non-hydrogen) atoms. The molecular weight excluding hydrogens is 154 g/mol. The average Bonchev–Trinajstić information content (AvgIpc) is 2.90. The second kappa shape index (κ2) is 3.65. The summed E-state index contributed by atoms with van der Waals surface area (Å²) >= 11 is 0. The molecule has 0 aliphatic carbocycles. The summed E-state index contributed by atoms with van der Waals surface area (Å²) in [7, 11) is 0. The lowest BCUT2D eigenvalue weighted by Crippen LogP contribution is -2.01. The van der Waals surface area contributed by atoms with Gasteiger partial charge in [-0.2, -0.15) is 0 Å². The Hall–Kier alpha value is -0.930. The van der Waals surface area contributed by atoms with Gasteiger partial charge >= 0.3 is 0 Å². The topological polar surface area (TPSA) is 34.6 Å². The first kappa shape index (κ1) is 7.71. The average molecular weight is 165 g/mol. The molecule has 1 unspecified atom stereocenters. The van der Waals surface area contributed by atoms with E-state index in [1.54, 1.807) is 12.4 Å². The summed E-state index contributed by atoms with van der Waals surface area (Å²) < 4.78 is 10.4. The van der Waals surface area contributed by atoms with Gasteiger partial charge in [-0.1, -0.05) is 0 Å². The van der Waals surface area contributed by atoms with Crippen molar-refractivity contribution >= 4 is 0 Å². The van der Waals surface area contributed by atoms with Crippen molar-refractivity contribution in [2.45, 2.75) is 12.7 Å². The van der Waals surface area contributed by atoms with Gasteiger partial charge < -0.3 is 9.47 Å². The van der Waals surface area contributed by atoms with Crippen LogP contribution in [0.25, 0.3) is 0 Å². The molecule has 0 bridgehead atoms. The van der Waals surface area contributed by atoms with Crippen molar-refractivity contribution < 1.29 is 9.47 Å². The van der Waals surface area contributed by atoms with Crippen LogP contribution in [0.5, 0.6) is 0 Å². The van der Waals surface area contributed by atoms with Crippen LogP contribution in [0, 0.1) is 0 Å². The maximum atomic E-state index is 5.39. The molecule has 2 rings (SSSR count). The van der Waals surface area contributed by atoms with Crippen LogP contribution in [0.1, 0.15) is 5.56 Å². The normalized spacial score (nSPS) is 20.8. The molecule has 1 aliphatic rings. The highest BCUT2D eigenvalue weighted by Gasteiger charge is 2.21. The number of hydrogen-bond donors (Lipinski definition) is 0. The Labute approximate surface area is 71.3 Å². The molecule has 1 aromatic heterocycles. The van der Waals surface area contributed by atoms with Crippen LogP contribution in [0.15, 0.2) is 24.5 Å². The maximum Gasteiger partial charge on any atom is 0.104 e. The van der Waals surface area contributed by atoms with Crippen molar-refractivity contribution in [1.29, 1.82) is 0 Å². The molecule has 0 amide bonds. The monoisotopic (exact) mass is 165 g/mol. The third kappa shape index (κ3) is 2.29. The Morgan fingerprint density at radius 1 is 1.50 bits per heavy atom. The Bertz CT molecular complexity index is 234. The van der Waals surface area contributed by atoms with Crippen LogP contribution in [0.2, 0.25) is 0 Å². The fourth-order valence-corrected chi connectivity index (χ4v) is 0.952. The van der Waals surface area contributed by atoms with Gasteiger partial charge in [-0.05, 0) is 17.7 Å². The van der Waals surface area contributed by atoms with Gasteiger partial charge in [0.05, 0.1) is 19.8 Å². The molecule has 0 N–H and O–H groups in total. The zero-order valence-corrected chi connectivity index (χ0v) is 6.77. The van der Waals surface area contributed by atoms with Crippen molar-refractivity contribution in [3.8, 4) is 0 Å². The number of epoxide rings is 1. The van der Waals surface area contributed by atoms with Crippen LogP contribution in [-0.4, -0.2) is 24.3 Å². The minimum atomic E-state index is 0.354. The minimum Gasteiger partial charge on any atom is -0.374 e. The standard InChI is InChI=1S/C9H11NO2/c1-3-10-4-2-8(1)5-11-6-9-7-12-9/h1-4,9H,5-7H2. The van der Waals surface area contributed by atoms with E-state index in [2.05, 4.69) is 4.98 Å². The lowest BCUT2D eigenvalue weighted by molar-refractivity contribution is 0.104. The van der Waals surface area contributed by atoms with E-state index >= 15 is 0 Å². The molecule has 1 aliphatic heterocycles. The zero-order valence-electron chi connectivity index (χ0n) is 6.77. The predicted octanol–water partition coefficient (Wildman–Crippen LogP) is 0.997. The Balaban J connectivity index is 1.72. The van der Waals surface area contributed by atoms with Crippen molar-refractivity contribution in [2.24, 2.45) is 0 Å². The van der Waals surface area contributed by atoms with Crippen molar-refractivity contribution in [2.75, 3.05) is 13.2 Å². The molecule has 3 nitrogen and oxygen atoms in total. The van der Waals surface area contributed by atoms with Crippen LogP contribution in [0.3, 0.4) is 0 Å². The molecule has 0 radical (unpaired) electrons. The number of hydrogen-bond acceptors (Lipinski definition) is 3.